The van der Waals surface area contributed by atoms with Gasteiger partial charge in [-0.05, 0) is 66.3 Å². The number of hydrogen-bond acceptors (Lipinski definition) is 3. The second-order valence-electron chi connectivity index (χ2n) is 8.97. The van der Waals surface area contributed by atoms with E-state index in [2.05, 4.69) is 36.2 Å². The van der Waals surface area contributed by atoms with Gasteiger partial charge in [-0.1, -0.05) is 90.4 Å². The molecule has 0 atom stereocenters. The van der Waals surface area contributed by atoms with Crippen LogP contribution in [0, 0.1) is 0 Å². The van der Waals surface area contributed by atoms with Gasteiger partial charge in [-0.3, -0.25) is 4.99 Å². The molecule has 0 radical (unpaired) electrons. The van der Waals surface area contributed by atoms with Crippen LogP contribution in [-0.2, 0) is 0 Å². The van der Waals surface area contributed by atoms with Gasteiger partial charge >= 0.3 is 0 Å². The highest BCUT2D eigenvalue weighted by molar-refractivity contribution is 7.99. The van der Waals surface area contributed by atoms with Gasteiger partial charge in [0.15, 0.2) is 0 Å². The third-order valence-electron chi connectivity index (χ3n) is 6.08. The Labute approximate surface area is 207 Å². The molecule has 33 heavy (non-hydrogen) atoms. The lowest BCUT2D eigenvalue weighted by Crippen LogP contribution is -1.85. The lowest BCUT2D eigenvalue weighted by atomic mass is 10.0. The molecule has 0 aliphatic rings. The topological polar surface area (TPSA) is 21.6 Å². The highest BCUT2D eigenvalue weighted by Crippen LogP contribution is 2.23. The van der Waals surface area contributed by atoms with Crippen molar-refractivity contribution in [2.24, 2.45) is 4.99 Å². The van der Waals surface area contributed by atoms with Crippen molar-refractivity contribution in [3.63, 3.8) is 0 Å². The quantitative estimate of drug-likeness (QED) is 0.116. The molecule has 0 aliphatic carbocycles. The predicted octanol–water partition coefficient (Wildman–Crippen LogP) is 10.0. The average molecular weight is 468 g/mol. The van der Waals surface area contributed by atoms with Gasteiger partial charge in [-0.15, -0.1) is 11.8 Å². The van der Waals surface area contributed by atoms with Crippen LogP contribution in [0.4, 0.5) is 5.69 Å². The van der Waals surface area contributed by atoms with Crippen LogP contribution in [0.25, 0.3) is 0 Å². The molecule has 0 aromatic heterocycles. The minimum atomic E-state index is 0.868. The fraction of sp³-hybridized carbons (Fsp3) is 0.567. The van der Waals surface area contributed by atoms with E-state index in [9.17, 15) is 0 Å². The molecule has 0 spiro atoms. The standard InChI is InChI=1S/C30H45NOS/c1-3-4-5-6-7-8-9-10-11-12-13-14-15-16-25-33-30-23-19-28(20-24-30)31-26-27-17-21-29(32-2)22-18-27/h17-24,26H,3-16,25H2,1-2H3. The number of rotatable bonds is 19. The largest absolute Gasteiger partial charge is 0.497 e. The van der Waals surface area contributed by atoms with Crippen LogP contribution in [0.2, 0.25) is 0 Å². The zero-order chi connectivity index (χ0) is 23.4. The Hall–Kier alpha value is -1.74. The summed E-state index contributed by atoms with van der Waals surface area (Å²) in [6, 6.07) is 16.5. The Morgan fingerprint density at radius 1 is 0.667 bits per heavy atom. The zero-order valence-corrected chi connectivity index (χ0v) is 21.9. The molecule has 0 fully saturated rings. The summed E-state index contributed by atoms with van der Waals surface area (Å²) in [5.74, 6) is 2.08. The van der Waals surface area contributed by atoms with Crippen molar-refractivity contribution in [3.8, 4) is 5.75 Å². The van der Waals surface area contributed by atoms with Crippen molar-refractivity contribution in [2.75, 3.05) is 12.9 Å². The first kappa shape index (κ1) is 27.5. The molecule has 0 aliphatic heterocycles. The van der Waals surface area contributed by atoms with Crippen molar-refractivity contribution >= 4 is 23.7 Å². The second-order valence-corrected chi connectivity index (χ2v) is 10.1. The highest BCUT2D eigenvalue weighted by atomic mass is 32.2. The van der Waals surface area contributed by atoms with Crippen molar-refractivity contribution < 1.29 is 4.74 Å². The van der Waals surface area contributed by atoms with Gasteiger partial charge in [0.1, 0.15) is 5.75 Å². The van der Waals surface area contributed by atoms with Crippen molar-refractivity contribution in [1.29, 1.82) is 0 Å². The predicted molar refractivity (Wildman–Crippen MR) is 148 cm³/mol. The molecule has 0 heterocycles. The van der Waals surface area contributed by atoms with Crippen LogP contribution in [0.3, 0.4) is 0 Å². The summed E-state index contributed by atoms with van der Waals surface area (Å²) in [6.07, 6.45) is 21.8. The number of benzene rings is 2. The summed E-state index contributed by atoms with van der Waals surface area (Å²) in [4.78, 5) is 5.92. The van der Waals surface area contributed by atoms with E-state index in [0.717, 1.165) is 17.0 Å². The Morgan fingerprint density at radius 2 is 1.18 bits per heavy atom. The number of hydrogen-bond donors (Lipinski definition) is 0. The fourth-order valence-corrected chi connectivity index (χ4v) is 4.87. The number of ether oxygens (including phenoxy) is 1. The first-order valence-corrected chi connectivity index (χ1v) is 14.2. The summed E-state index contributed by atoms with van der Waals surface area (Å²) in [5.41, 5.74) is 2.07. The van der Waals surface area contributed by atoms with E-state index in [-0.39, 0.29) is 0 Å². The normalized spacial score (nSPS) is 11.3. The molecule has 0 bridgehead atoms. The first-order chi connectivity index (χ1) is 16.3. The Kier molecular flexibility index (Phi) is 15.6. The third-order valence-corrected chi connectivity index (χ3v) is 7.18. The van der Waals surface area contributed by atoms with E-state index in [1.165, 1.54) is 101 Å². The molecule has 0 amide bonds. The number of methoxy groups -OCH3 is 1. The third kappa shape index (κ3) is 13.5. The van der Waals surface area contributed by atoms with Gasteiger partial charge in [0.25, 0.3) is 0 Å². The maximum Gasteiger partial charge on any atom is 0.118 e. The molecule has 2 aromatic rings. The number of unbranched alkanes of at least 4 members (excludes halogenated alkanes) is 13. The minimum absolute atomic E-state index is 0.868. The van der Waals surface area contributed by atoms with Crippen LogP contribution in [0.5, 0.6) is 5.75 Å². The number of aliphatic imine (C=N–C) groups is 1. The van der Waals surface area contributed by atoms with Crippen LogP contribution < -0.4 is 4.74 Å². The summed E-state index contributed by atoms with van der Waals surface area (Å²) in [5, 5.41) is 0. The van der Waals surface area contributed by atoms with Crippen molar-refractivity contribution in [3.05, 3.63) is 54.1 Å². The number of thioether (sulfide) groups is 1. The molecule has 2 rings (SSSR count). The van der Waals surface area contributed by atoms with Crippen LogP contribution in [-0.4, -0.2) is 19.1 Å². The van der Waals surface area contributed by atoms with E-state index < -0.39 is 0 Å². The molecular formula is C30H45NOS. The smallest absolute Gasteiger partial charge is 0.118 e. The molecule has 2 aromatic carbocycles. The van der Waals surface area contributed by atoms with Crippen molar-refractivity contribution in [2.45, 2.75) is 102 Å². The number of nitrogens with zero attached hydrogens (tertiary/aromatic N) is 1. The molecule has 3 heteroatoms. The fourth-order valence-electron chi connectivity index (χ4n) is 3.95. The molecule has 0 N–H and O–H groups in total. The van der Waals surface area contributed by atoms with E-state index in [1.54, 1.807) is 7.11 Å². The lowest BCUT2D eigenvalue weighted by molar-refractivity contribution is 0.415. The minimum Gasteiger partial charge on any atom is -0.497 e. The monoisotopic (exact) mass is 467 g/mol. The van der Waals surface area contributed by atoms with E-state index >= 15 is 0 Å². The van der Waals surface area contributed by atoms with Gasteiger partial charge in [0, 0.05) is 11.1 Å². The van der Waals surface area contributed by atoms with Crippen molar-refractivity contribution in [1.82, 2.24) is 0 Å². The zero-order valence-electron chi connectivity index (χ0n) is 21.1. The molecule has 0 unspecified atom stereocenters. The van der Waals surface area contributed by atoms with Gasteiger partial charge in [-0.25, -0.2) is 0 Å². The summed E-state index contributed by atoms with van der Waals surface area (Å²) < 4.78 is 5.19. The van der Waals surface area contributed by atoms with Crippen LogP contribution >= 0.6 is 11.8 Å². The molecule has 2 nitrogen and oxygen atoms in total. The maximum absolute atomic E-state index is 5.19. The van der Waals surface area contributed by atoms with E-state index in [0.29, 0.717) is 0 Å². The first-order valence-electron chi connectivity index (χ1n) is 13.2. The summed E-state index contributed by atoms with van der Waals surface area (Å²) >= 11 is 1.97. The average Bonchev–Trinajstić information content (AvgIpc) is 2.86. The SMILES string of the molecule is CCCCCCCCCCCCCCCCSc1ccc(N=Cc2ccc(OC)cc2)cc1. The van der Waals surface area contributed by atoms with E-state index in [1.807, 2.05) is 42.2 Å². The van der Waals surface area contributed by atoms with Gasteiger partial charge in [0.05, 0.1) is 12.8 Å². The molecule has 182 valence electrons. The Morgan fingerprint density at radius 3 is 1.70 bits per heavy atom. The Bertz CT molecular complexity index is 739. The van der Waals surface area contributed by atoms with Gasteiger partial charge < -0.3 is 4.74 Å². The van der Waals surface area contributed by atoms with Crippen LogP contribution in [0.15, 0.2) is 58.4 Å². The van der Waals surface area contributed by atoms with E-state index in [4.69, 9.17) is 4.74 Å². The van der Waals surface area contributed by atoms with Gasteiger partial charge in [0.2, 0.25) is 0 Å². The highest BCUT2D eigenvalue weighted by Gasteiger charge is 1.97. The summed E-state index contributed by atoms with van der Waals surface area (Å²) in [6.45, 7) is 2.29. The van der Waals surface area contributed by atoms with Crippen LogP contribution in [0.1, 0.15) is 102 Å². The molecule has 0 saturated carbocycles. The molecular weight excluding hydrogens is 422 g/mol. The second kappa shape index (κ2) is 18.7. The lowest BCUT2D eigenvalue weighted by Gasteiger charge is -2.04. The summed E-state index contributed by atoms with van der Waals surface area (Å²) in [7, 11) is 1.68. The molecule has 0 saturated heterocycles. The maximum atomic E-state index is 5.19. The van der Waals surface area contributed by atoms with Gasteiger partial charge in [-0.2, -0.15) is 0 Å². The Balaban J connectivity index is 1.44.